The second kappa shape index (κ2) is 11.6. The molecule has 1 saturated heterocycles. The minimum absolute atomic E-state index is 0.0888. The van der Waals surface area contributed by atoms with Crippen LogP contribution in [0.4, 0.5) is 0 Å². The van der Waals surface area contributed by atoms with Crippen molar-refractivity contribution in [1.29, 1.82) is 0 Å². The molecule has 13 nitrogen and oxygen atoms in total. The Labute approximate surface area is 202 Å². The number of hydrogen-bond acceptors (Lipinski definition) is 7. The van der Waals surface area contributed by atoms with Crippen molar-refractivity contribution in [3.05, 3.63) is 36.4 Å². The van der Waals surface area contributed by atoms with Gasteiger partial charge in [0.05, 0.1) is 18.7 Å². The van der Waals surface area contributed by atoms with Crippen LogP contribution < -0.4 is 16.4 Å². The molecule has 1 aliphatic heterocycles. The van der Waals surface area contributed by atoms with E-state index in [1.54, 1.807) is 20.0 Å². The van der Waals surface area contributed by atoms with Crippen LogP contribution in [-0.4, -0.2) is 84.3 Å². The second-order valence-corrected chi connectivity index (χ2v) is 8.99. The van der Waals surface area contributed by atoms with E-state index in [4.69, 9.17) is 5.73 Å². The van der Waals surface area contributed by atoms with Crippen molar-refractivity contribution in [2.24, 2.45) is 11.7 Å². The van der Waals surface area contributed by atoms with Crippen LogP contribution in [0, 0.1) is 5.92 Å². The van der Waals surface area contributed by atoms with Gasteiger partial charge in [-0.05, 0) is 18.8 Å². The van der Waals surface area contributed by atoms with Crippen LogP contribution in [0.15, 0.2) is 25.0 Å². The molecule has 0 radical (unpaired) electrons. The highest BCUT2D eigenvalue weighted by Gasteiger charge is 2.39. The molecule has 0 saturated carbocycles. The Balaban J connectivity index is 1.72. The Morgan fingerprint density at radius 1 is 1.09 bits per heavy atom. The zero-order valence-corrected chi connectivity index (χ0v) is 19.7. The maximum absolute atomic E-state index is 13.3. The first-order valence-corrected chi connectivity index (χ1v) is 11.5. The molecule has 190 valence electrons. The maximum atomic E-state index is 13.3. The molecular weight excluding hydrogens is 456 g/mol. The van der Waals surface area contributed by atoms with Crippen molar-refractivity contribution in [3.8, 4) is 0 Å². The van der Waals surface area contributed by atoms with E-state index < -0.39 is 47.9 Å². The highest BCUT2D eigenvalue weighted by Crippen LogP contribution is 2.19. The lowest BCUT2D eigenvalue weighted by Gasteiger charge is -2.29. The van der Waals surface area contributed by atoms with Gasteiger partial charge in [0.15, 0.2) is 0 Å². The van der Waals surface area contributed by atoms with Crippen LogP contribution in [0.3, 0.4) is 0 Å². The van der Waals surface area contributed by atoms with Gasteiger partial charge in [-0.3, -0.25) is 14.4 Å². The monoisotopic (exact) mass is 488 g/mol. The smallest absolute Gasteiger partial charge is 0.326 e. The lowest BCUT2D eigenvalue weighted by Crippen LogP contribution is -2.59. The number of imidazole rings is 2. The molecule has 3 amide bonds. The van der Waals surface area contributed by atoms with E-state index in [1.807, 2.05) is 0 Å². The van der Waals surface area contributed by atoms with Crippen LogP contribution in [0.1, 0.15) is 38.1 Å². The molecule has 3 rings (SSSR count). The van der Waals surface area contributed by atoms with Crippen LogP contribution in [-0.2, 0) is 32.0 Å². The molecule has 4 atom stereocenters. The summed E-state index contributed by atoms with van der Waals surface area (Å²) in [5.41, 5.74) is 7.29. The highest BCUT2D eigenvalue weighted by molar-refractivity contribution is 5.94. The largest absolute Gasteiger partial charge is 0.480 e. The fourth-order valence-electron chi connectivity index (χ4n) is 4.09. The third kappa shape index (κ3) is 6.66. The van der Waals surface area contributed by atoms with Gasteiger partial charge in [0.1, 0.15) is 18.1 Å². The number of aliphatic carboxylic acids is 1. The van der Waals surface area contributed by atoms with Gasteiger partial charge < -0.3 is 36.3 Å². The third-order valence-corrected chi connectivity index (χ3v) is 5.99. The number of carbonyl (C=O) groups is 4. The molecule has 0 aromatic carbocycles. The van der Waals surface area contributed by atoms with E-state index in [2.05, 4.69) is 30.6 Å². The summed E-state index contributed by atoms with van der Waals surface area (Å²) in [6, 6.07) is -3.85. The quantitative estimate of drug-likeness (QED) is 0.230. The summed E-state index contributed by atoms with van der Waals surface area (Å²) in [6.45, 7) is 3.81. The molecule has 1 aliphatic rings. The molecule has 0 spiro atoms. The second-order valence-electron chi connectivity index (χ2n) is 8.99. The molecule has 4 unspecified atom stereocenters. The Hall–Kier alpha value is -3.74. The summed E-state index contributed by atoms with van der Waals surface area (Å²) >= 11 is 0. The van der Waals surface area contributed by atoms with Crippen LogP contribution in [0.2, 0.25) is 0 Å². The van der Waals surface area contributed by atoms with E-state index in [1.165, 1.54) is 23.8 Å². The number of carboxylic acid groups (broad SMARTS) is 1. The van der Waals surface area contributed by atoms with E-state index in [-0.39, 0.29) is 25.3 Å². The summed E-state index contributed by atoms with van der Waals surface area (Å²) < 4.78 is 0. The van der Waals surface area contributed by atoms with Gasteiger partial charge in [0.2, 0.25) is 17.7 Å². The Kier molecular flexibility index (Phi) is 8.58. The lowest BCUT2D eigenvalue weighted by atomic mass is 10.0. The molecule has 7 N–H and O–H groups in total. The zero-order chi connectivity index (χ0) is 25.5. The van der Waals surface area contributed by atoms with Gasteiger partial charge in [-0.1, -0.05) is 13.8 Å². The first-order valence-electron chi connectivity index (χ1n) is 11.5. The lowest BCUT2D eigenvalue weighted by molar-refractivity contribution is -0.149. The topological polar surface area (TPSA) is 199 Å². The maximum Gasteiger partial charge on any atom is 0.326 e. The summed E-state index contributed by atoms with van der Waals surface area (Å²) in [5, 5.41) is 14.9. The van der Waals surface area contributed by atoms with E-state index in [0.29, 0.717) is 24.2 Å². The number of carbonyl (C=O) groups excluding carboxylic acids is 3. The van der Waals surface area contributed by atoms with Crippen LogP contribution in [0.25, 0.3) is 0 Å². The summed E-state index contributed by atoms with van der Waals surface area (Å²) in [6.07, 6.45) is 7.24. The summed E-state index contributed by atoms with van der Waals surface area (Å²) in [4.78, 5) is 65.8. The van der Waals surface area contributed by atoms with E-state index in [0.717, 1.165) is 0 Å². The van der Waals surface area contributed by atoms with E-state index >= 15 is 0 Å². The molecule has 3 heterocycles. The number of aromatic amines is 2. The molecule has 35 heavy (non-hydrogen) atoms. The predicted octanol–water partition coefficient (Wildman–Crippen LogP) is -1.05. The van der Waals surface area contributed by atoms with Crippen molar-refractivity contribution >= 4 is 23.7 Å². The Bertz CT molecular complexity index is 1010. The van der Waals surface area contributed by atoms with Crippen molar-refractivity contribution in [2.45, 2.75) is 63.7 Å². The minimum Gasteiger partial charge on any atom is -0.480 e. The first-order chi connectivity index (χ1) is 16.7. The number of rotatable bonds is 11. The van der Waals surface area contributed by atoms with Gasteiger partial charge in [0, 0.05) is 43.2 Å². The average Bonchev–Trinajstić information content (AvgIpc) is 3.58. The molecular formula is C22H32N8O5. The number of nitrogens with one attached hydrogen (secondary N) is 4. The summed E-state index contributed by atoms with van der Waals surface area (Å²) in [5.74, 6) is -2.97. The highest BCUT2D eigenvalue weighted by atomic mass is 16.4. The number of nitrogens with two attached hydrogens (primary N) is 1. The van der Waals surface area contributed by atoms with Gasteiger partial charge in [-0.2, -0.15) is 0 Å². The number of amides is 3. The molecule has 0 aliphatic carbocycles. The van der Waals surface area contributed by atoms with Crippen molar-refractivity contribution in [3.63, 3.8) is 0 Å². The Morgan fingerprint density at radius 2 is 1.71 bits per heavy atom. The molecule has 13 heteroatoms. The number of carboxylic acids is 1. The number of H-pyrrole nitrogens is 2. The number of aromatic nitrogens is 4. The standard InChI is InChI=1S/C22H32N8O5/c1-12(2)18(29-19(31)15(23)6-13-8-24-10-26-13)20(32)28-16(7-14-9-25-11-27-14)21(33)30-5-3-4-17(30)22(34)35/h8-12,15-18H,3-7,23H2,1-2H3,(H,24,26)(H,25,27)(H,28,32)(H,29,31)(H,34,35). The SMILES string of the molecule is CC(C)C(NC(=O)C(N)Cc1cnc[nH]1)C(=O)NC(Cc1cnc[nH]1)C(=O)N1CCCC1C(=O)O. The molecule has 2 aromatic rings. The van der Waals surface area contributed by atoms with Crippen molar-refractivity contribution in [2.75, 3.05) is 6.54 Å². The van der Waals surface area contributed by atoms with Gasteiger partial charge in [-0.15, -0.1) is 0 Å². The number of likely N-dealkylation sites (tertiary alicyclic amines) is 1. The third-order valence-electron chi connectivity index (χ3n) is 5.99. The molecule has 1 fully saturated rings. The fraction of sp³-hybridized carbons (Fsp3) is 0.545. The molecule has 0 bridgehead atoms. The van der Waals surface area contributed by atoms with Crippen molar-refractivity contribution in [1.82, 2.24) is 35.5 Å². The molecule has 2 aromatic heterocycles. The number of hydrogen-bond donors (Lipinski definition) is 6. The first kappa shape index (κ1) is 25.9. The van der Waals surface area contributed by atoms with E-state index in [9.17, 15) is 24.3 Å². The number of nitrogens with zero attached hydrogens (tertiary/aromatic N) is 3. The normalized spacial score (nSPS) is 18.2. The van der Waals surface area contributed by atoms with Crippen LogP contribution in [0.5, 0.6) is 0 Å². The van der Waals surface area contributed by atoms with Crippen LogP contribution >= 0.6 is 0 Å². The fourth-order valence-corrected chi connectivity index (χ4v) is 4.09. The Morgan fingerprint density at radius 3 is 2.26 bits per heavy atom. The van der Waals surface area contributed by atoms with Gasteiger partial charge >= 0.3 is 5.97 Å². The summed E-state index contributed by atoms with van der Waals surface area (Å²) in [7, 11) is 0. The zero-order valence-electron chi connectivity index (χ0n) is 19.7. The van der Waals surface area contributed by atoms with Crippen molar-refractivity contribution < 1.29 is 24.3 Å². The van der Waals surface area contributed by atoms with Gasteiger partial charge in [0.25, 0.3) is 0 Å². The predicted molar refractivity (Wildman–Crippen MR) is 124 cm³/mol. The minimum atomic E-state index is -1.08. The van der Waals surface area contributed by atoms with Gasteiger partial charge in [-0.25, -0.2) is 14.8 Å². The average molecular weight is 489 g/mol.